The van der Waals surface area contributed by atoms with Crippen molar-refractivity contribution in [3.63, 3.8) is 0 Å². The molecule has 0 radical (unpaired) electrons. The molecule has 1 aromatic rings. The molecule has 0 bridgehead atoms. The maximum Gasteiger partial charge on any atom is 0.125 e. The Bertz CT molecular complexity index is 443. The van der Waals surface area contributed by atoms with E-state index < -0.39 is 0 Å². The van der Waals surface area contributed by atoms with Gasteiger partial charge in [0.1, 0.15) is 11.6 Å². The van der Waals surface area contributed by atoms with E-state index >= 15 is 0 Å². The number of nitrogens with two attached hydrogens (primary N) is 1. The fourth-order valence-corrected chi connectivity index (χ4v) is 2.39. The first kappa shape index (κ1) is 21.0. The van der Waals surface area contributed by atoms with Gasteiger partial charge in [-0.05, 0) is 64.0 Å². The maximum absolute atomic E-state index is 6.02. The SMILES string of the molecule is CC(C)Oc1ccc(C(N)=NCCN2CCCC2)cc1.Cl.Cl. The van der Waals surface area contributed by atoms with Gasteiger partial charge >= 0.3 is 0 Å². The lowest BCUT2D eigenvalue weighted by Gasteiger charge is -2.12. The molecule has 1 heterocycles. The van der Waals surface area contributed by atoms with E-state index in [1.54, 1.807) is 0 Å². The summed E-state index contributed by atoms with van der Waals surface area (Å²) in [4.78, 5) is 6.90. The van der Waals surface area contributed by atoms with Crippen LogP contribution in [0.25, 0.3) is 0 Å². The number of aliphatic imine (C=N–C) groups is 1. The molecule has 4 nitrogen and oxygen atoms in total. The van der Waals surface area contributed by atoms with E-state index in [1.165, 1.54) is 25.9 Å². The highest BCUT2D eigenvalue weighted by Gasteiger charge is 2.10. The number of amidine groups is 1. The normalized spacial score (nSPS) is 15.3. The summed E-state index contributed by atoms with van der Waals surface area (Å²) in [5.41, 5.74) is 6.98. The molecule has 0 unspecified atom stereocenters. The third-order valence-corrected chi connectivity index (χ3v) is 3.42. The molecule has 0 atom stereocenters. The van der Waals surface area contributed by atoms with Gasteiger partial charge in [-0.15, -0.1) is 24.8 Å². The third kappa shape index (κ3) is 6.86. The predicted molar refractivity (Wildman–Crippen MR) is 98.0 cm³/mol. The largest absolute Gasteiger partial charge is 0.491 e. The van der Waals surface area contributed by atoms with Crippen LogP contribution in [-0.2, 0) is 0 Å². The molecule has 0 amide bonds. The van der Waals surface area contributed by atoms with Gasteiger partial charge in [0.2, 0.25) is 0 Å². The van der Waals surface area contributed by atoms with Crippen molar-refractivity contribution in [1.82, 2.24) is 4.90 Å². The molecule has 6 heteroatoms. The zero-order valence-corrected chi connectivity index (χ0v) is 15.0. The van der Waals surface area contributed by atoms with E-state index in [0.29, 0.717) is 5.84 Å². The van der Waals surface area contributed by atoms with Crippen LogP contribution in [0.5, 0.6) is 5.75 Å². The number of hydrogen-bond donors (Lipinski definition) is 1. The number of ether oxygens (including phenoxy) is 1. The number of halogens is 2. The van der Waals surface area contributed by atoms with Crippen LogP contribution in [0.15, 0.2) is 29.3 Å². The second-order valence-corrected chi connectivity index (χ2v) is 5.51. The van der Waals surface area contributed by atoms with Crippen molar-refractivity contribution < 1.29 is 4.74 Å². The van der Waals surface area contributed by atoms with Gasteiger partial charge in [0.05, 0.1) is 12.6 Å². The molecular weight excluding hydrogens is 321 g/mol. The highest BCUT2D eigenvalue weighted by molar-refractivity contribution is 5.97. The van der Waals surface area contributed by atoms with Gasteiger partial charge in [0.25, 0.3) is 0 Å². The summed E-state index contributed by atoms with van der Waals surface area (Å²) in [5.74, 6) is 1.48. The monoisotopic (exact) mass is 347 g/mol. The minimum Gasteiger partial charge on any atom is -0.491 e. The number of hydrogen-bond acceptors (Lipinski definition) is 3. The summed E-state index contributed by atoms with van der Waals surface area (Å²) in [6, 6.07) is 7.81. The van der Waals surface area contributed by atoms with Crippen molar-refractivity contribution >= 4 is 30.6 Å². The summed E-state index contributed by atoms with van der Waals surface area (Å²) in [5, 5.41) is 0. The molecule has 0 aromatic heterocycles. The van der Waals surface area contributed by atoms with Gasteiger partial charge in [-0.2, -0.15) is 0 Å². The van der Waals surface area contributed by atoms with Crippen LogP contribution in [0.3, 0.4) is 0 Å². The molecule has 1 aromatic carbocycles. The minimum atomic E-state index is 0. The summed E-state index contributed by atoms with van der Waals surface area (Å²) in [6.07, 6.45) is 2.82. The van der Waals surface area contributed by atoms with Crippen molar-refractivity contribution in [3.05, 3.63) is 29.8 Å². The number of benzene rings is 1. The second-order valence-electron chi connectivity index (χ2n) is 5.51. The van der Waals surface area contributed by atoms with Gasteiger partial charge in [-0.25, -0.2) is 0 Å². The Balaban J connectivity index is 0.00000220. The van der Waals surface area contributed by atoms with E-state index in [4.69, 9.17) is 10.5 Å². The quantitative estimate of drug-likeness (QED) is 0.635. The highest BCUT2D eigenvalue weighted by Crippen LogP contribution is 2.13. The number of rotatable bonds is 6. The molecule has 1 aliphatic rings. The van der Waals surface area contributed by atoms with E-state index in [-0.39, 0.29) is 30.9 Å². The second kappa shape index (κ2) is 10.7. The Morgan fingerprint density at radius 3 is 2.32 bits per heavy atom. The molecule has 22 heavy (non-hydrogen) atoms. The molecule has 2 rings (SSSR count). The third-order valence-electron chi connectivity index (χ3n) is 3.42. The fraction of sp³-hybridized carbons (Fsp3) is 0.562. The van der Waals surface area contributed by atoms with E-state index in [1.807, 2.05) is 38.1 Å². The lowest BCUT2D eigenvalue weighted by Crippen LogP contribution is -2.24. The Morgan fingerprint density at radius 1 is 1.18 bits per heavy atom. The number of nitrogens with zero attached hydrogens (tertiary/aromatic N) is 2. The van der Waals surface area contributed by atoms with Crippen molar-refractivity contribution in [2.45, 2.75) is 32.8 Å². The average molecular weight is 348 g/mol. The van der Waals surface area contributed by atoms with Crippen LogP contribution < -0.4 is 10.5 Å². The Kier molecular flexibility index (Phi) is 10.2. The van der Waals surface area contributed by atoms with Gasteiger partial charge in [-0.3, -0.25) is 4.99 Å². The molecule has 126 valence electrons. The molecule has 2 N–H and O–H groups in total. The summed E-state index contributed by atoms with van der Waals surface area (Å²) in [7, 11) is 0. The zero-order valence-electron chi connectivity index (χ0n) is 13.3. The predicted octanol–water partition coefficient (Wildman–Crippen LogP) is 3.12. The van der Waals surface area contributed by atoms with E-state index in [2.05, 4.69) is 9.89 Å². The molecular formula is C16H27Cl2N3O. The number of likely N-dealkylation sites (tertiary alicyclic amines) is 1. The van der Waals surface area contributed by atoms with Crippen LogP contribution in [0.4, 0.5) is 0 Å². The topological polar surface area (TPSA) is 50.9 Å². The van der Waals surface area contributed by atoms with Gasteiger partial charge in [-0.1, -0.05) is 0 Å². The smallest absolute Gasteiger partial charge is 0.125 e. The Hall–Kier alpha value is -0.970. The summed E-state index contributed by atoms with van der Waals surface area (Å²) in [6.45, 7) is 8.23. The van der Waals surface area contributed by atoms with Crippen molar-refractivity contribution in [3.8, 4) is 5.75 Å². The summed E-state index contributed by atoms with van der Waals surface area (Å²) >= 11 is 0. The first-order valence-corrected chi connectivity index (χ1v) is 7.44. The Morgan fingerprint density at radius 2 is 1.77 bits per heavy atom. The van der Waals surface area contributed by atoms with Crippen LogP contribution >= 0.6 is 24.8 Å². The molecule has 0 aliphatic carbocycles. The van der Waals surface area contributed by atoms with E-state index in [9.17, 15) is 0 Å². The van der Waals surface area contributed by atoms with Crippen LogP contribution in [0, 0.1) is 0 Å². The zero-order chi connectivity index (χ0) is 14.4. The molecule has 1 saturated heterocycles. The molecule has 1 aliphatic heterocycles. The minimum absolute atomic E-state index is 0. The molecule has 0 spiro atoms. The van der Waals surface area contributed by atoms with Gasteiger partial charge in [0.15, 0.2) is 0 Å². The highest BCUT2D eigenvalue weighted by atomic mass is 35.5. The van der Waals surface area contributed by atoms with Crippen molar-refractivity contribution in [2.24, 2.45) is 10.7 Å². The molecule has 0 saturated carbocycles. The van der Waals surface area contributed by atoms with Gasteiger partial charge in [0, 0.05) is 12.1 Å². The average Bonchev–Trinajstić information content (AvgIpc) is 2.92. The lowest BCUT2D eigenvalue weighted by molar-refractivity contribution is 0.242. The lowest BCUT2D eigenvalue weighted by atomic mass is 10.2. The van der Waals surface area contributed by atoms with Crippen molar-refractivity contribution in [1.29, 1.82) is 0 Å². The summed E-state index contributed by atoms with van der Waals surface area (Å²) < 4.78 is 5.61. The molecule has 1 fully saturated rings. The van der Waals surface area contributed by atoms with E-state index in [0.717, 1.165) is 24.4 Å². The van der Waals surface area contributed by atoms with Crippen molar-refractivity contribution in [2.75, 3.05) is 26.2 Å². The Labute approximate surface area is 145 Å². The maximum atomic E-state index is 6.02. The van der Waals surface area contributed by atoms with Crippen LogP contribution in [0.2, 0.25) is 0 Å². The van der Waals surface area contributed by atoms with Gasteiger partial charge < -0.3 is 15.4 Å². The standard InChI is InChI=1S/C16H25N3O.2ClH/c1-13(2)20-15-7-5-14(6-8-15)16(17)18-9-12-19-10-3-4-11-19;;/h5-8,13H,3-4,9-12H2,1-2H3,(H2,17,18);2*1H. The van der Waals surface area contributed by atoms with Crippen LogP contribution in [0.1, 0.15) is 32.3 Å². The first-order valence-electron chi connectivity index (χ1n) is 7.44. The van der Waals surface area contributed by atoms with Crippen LogP contribution in [-0.4, -0.2) is 43.0 Å². The first-order chi connectivity index (χ1) is 9.65. The fourth-order valence-electron chi connectivity index (χ4n) is 2.39.